The number of aromatic hydroxyl groups is 1. The number of phenols is 1. The summed E-state index contributed by atoms with van der Waals surface area (Å²) >= 11 is 0. The van der Waals surface area contributed by atoms with E-state index in [1.54, 1.807) is 6.07 Å². The van der Waals surface area contributed by atoms with Crippen LogP contribution < -0.4 is 5.32 Å². The second-order valence-electron chi connectivity index (χ2n) is 5.84. The van der Waals surface area contributed by atoms with Crippen molar-refractivity contribution in [1.29, 1.82) is 0 Å². The molecule has 0 saturated heterocycles. The van der Waals surface area contributed by atoms with Crippen LogP contribution in [0, 0.1) is 0 Å². The lowest BCUT2D eigenvalue weighted by atomic mass is 9.90. The first-order valence-electron chi connectivity index (χ1n) is 8.38. The highest BCUT2D eigenvalue weighted by atomic mass is 16.3. The Morgan fingerprint density at radius 1 is 0.909 bits per heavy atom. The van der Waals surface area contributed by atoms with Gasteiger partial charge < -0.3 is 10.4 Å². The number of hydrogen-bond acceptors (Lipinski definition) is 2. The van der Waals surface area contributed by atoms with Crippen molar-refractivity contribution < 1.29 is 5.11 Å². The summed E-state index contributed by atoms with van der Waals surface area (Å²) in [5.41, 5.74) is 2.25. The molecule has 0 aliphatic rings. The fraction of sp³-hybridized carbons (Fsp3) is 0.400. The van der Waals surface area contributed by atoms with Gasteiger partial charge in [-0.15, -0.1) is 0 Å². The van der Waals surface area contributed by atoms with Gasteiger partial charge in [-0.2, -0.15) is 0 Å². The van der Waals surface area contributed by atoms with Crippen LogP contribution >= 0.6 is 0 Å². The Balaban J connectivity index is 1.90. The maximum atomic E-state index is 9.80. The number of benzene rings is 2. The summed E-state index contributed by atoms with van der Waals surface area (Å²) in [4.78, 5) is 0. The molecule has 2 heteroatoms. The first kappa shape index (κ1) is 16.4. The molecule has 2 N–H and O–H groups in total. The lowest BCUT2D eigenvalue weighted by molar-refractivity contribution is 0.476. The molecule has 0 heterocycles. The van der Waals surface area contributed by atoms with Crippen LogP contribution in [0.3, 0.4) is 0 Å². The minimum absolute atomic E-state index is 0.324. The highest BCUT2D eigenvalue weighted by Crippen LogP contribution is 2.27. The largest absolute Gasteiger partial charge is 0.506 e. The van der Waals surface area contributed by atoms with Crippen molar-refractivity contribution in [3.05, 3.63) is 60.2 Å². The minimum Gasteiger partial charge on any atom is -0.506 e. The predicted molar refractivity (Wildman–Crippen MR) is 94.5 cm³/mol. The third-order valence-corrected chi connectivity index (χ3v) is 4.14. The lowest BCUT2D eigenvalue weighted by Crippen LogP contribution is -2.08. The molecule has 0 aromatic heterocycles. The standard InChI is InChI=1S/C20H27NO/c1-2-3-5-10-18(17-11-6-4-7-12-17)15-16-21-19-13-8-9-14-20(19)22/h4,6-9,11-14,18,21-22H,2-3,5,10,15-16H2,1H3. The fourth-order valence-electron chi connectivity index (χ4n) is 2.85. The zero-order chi connectivity index (χ0) is 15.6. The van der Waals surface area contributed by atoms with E-state index in [9.17, 15) is 5.11 Å². The number of unbranched alkanes of at least 4 members (excludes halogenated alkanes) is 2. The summed E-state index contributed by atoms with van der Waals surface area (Å²) in [7, 11) is 0. The van der Waals surface area contributed by atoms with Crippen molar-refractivity contribution in [1.82, 2.24) is 0 Å². The molecule has 2 rings (SSSR count). The molecule has 1 unspecified atom stereocenters. The van der Waals surface area contributed by atoms with E-state index in [-0.39, 0.29) is 0 Å². The highest BCUT2D eigenvalue weighted by molar-refractivity contribution is 5.55. The predicted octanol–water partition coefficient (Wildman–Crippen LogP) is 5.56. The van der Waals surface area contributed by atoms with Crippen molar-refractivity contribution in [2.75, 3.05) is 11.9 Å². The van der Waals surface area contributed by atoms with Gasteiger partial charge in [0, 0.05) is 6.54 Å². The molecular weight excluding hydrogens is 270 g/mol. The SMILES string of the molecule is CCCCCC(CCNc1ccccc1O)c1ccccc1. The van der Waals surface area contributed by atoms with Crippen LogP contribution in [-0.4, -0.2) is 11.7 Å². The molecule has 2 aromatic carbocycles. The molecule has 0 spiro atoms. The lowest BCUT2D eigenvalue weighted by Gasteiger charge is -2.18. The molecular formula is C20H27NO. The van der Waals surface area contributed by atoms with Crippen molar-refractivity contribution in [2.24, 2.45) is 0 Å². The van der Waals surface area contributed by atoms with E-state index >= 15 is 0 Å². The molecule has 118 valence electrons. The Morgan fingerprint density at radius 3 is 2.36 bits per heavy atom. The maximum Gasteiger partial charge on any atom is 0.138 e. The Morgan fingerprint density at radius 2 is 1.64 bits per heavy atom. The van der Waals surface area contributed by atoms with Crippen molar-refractivity contribution in [2.45, 2.75) is 44.9 Å². The Kier molecular flexibility index (Phi) is 6.82. The van der Waals surface area contributed by atoms with Gasteiger partial charge >= 0.3 is 0 Å². The van der Waals surface area contributed by atoms with Gasteiger partial charge in [-0.1, -0.05) is 68.7 Å². The highest BCUT2D eigenvalue weighted by Gasteiger charge is 2.11. The van der Waals surface area contributed by atoms with Gasteiger partial charge in [-0.3, -0.25) is 0 Å². The molecule has 0 radical (unpaired) electrons. The average molecular weight is 297 g/mol. The van der Waals surface area contributed by atoms with Gasteiger partial charge in [0.05, 0.1) is 5.69 Å². The van der Waals surface area contributed by atoms with Crippen LogP contribution in [0.2, 0.25) is 0 Å². The van der Waals surface area contributed by atoms with Crippen molar-refractivity contribution in [3.8, 4) is 5.75 Å². The normalized spacial score (nSPS) is 12.0. The van der Waals surface area contributed by atoms with E-state index < -0.39 is 0 Å². The van der Waals surface area contributed by atoms with E-state index in [1.165, 1.54) is 31.2 Å². The topological polar surface area (TPSA) is 32.3 Å². The molecule has 0 aliphatic carbocycles. The maximum absolute atomic E-state index is 9.80. The van der Waals surface area contributed by atoms with Gasteiger partial charge in [0.1, 0.15) is 5.75 Å². The van der Waals surface area contributed by atoms with Crippen molar-refractivity contribution in [3.63, 3.8) is 0 Å². The molecule has 0 saturated carbocycles. The summed E-state index contributed by atoms with van der Waals surface area (Å²) < 4.78 is 0. The smallest absolute Gasteiger partial charge is 0.138 e. The van der Waals surface area contributed by atoms with Crippen LogP contribution in [0.5, 0.6) is 5.75 Å². The van der Waals surface area contributed by atoms with Crippen LogP contribution in [0.15, 0.2) is 54.6 Å². The van der Waals surface area contributed by atoms with Gasteiger partial charge in [-0.05, 0) is 36.5 Å². The third kappa shape index (κ3) is 5.10. The molecule has 2 nitrogen and oxygen atoms in total. The van der Waals surface area contributed by atoms with Gasteiger partial charge in [0.15, 0.2) is 0 Å². The quantitative estimate of drug-likeness (QED) is 0.469. The van der Waals surface area contributed by atoms with Crippen LogP contribution in [-0.2, 0) is 0 Å². The fourth-order valence-corrected chi connectivity index (χ4v) is 2.85. The number of para-hydroxylation sites is 2. The second-order valence-corrected chi connectivity index (χ2v) is 5.84. The van der Waals surface area contributed by atoms with E-state index in [4.69, 9.17) is 0 Å². The van der Waals surface area contributed by atoms with E-state index in [0.29, 0.717) is 11.7 Å². The summed E-state index contributed by atoms with van der Waals surface area (Å²) in [5, 5.41) is 13.2. The third-order valence-electron chi connectivity index (χ3n) is 4.14. The van der Waals surface area contributed by atoms with Crippen LogP contribution in [0.4, 0.5) is 5.69 Å². The van der Waals surface area contributed by atoms with E-state index in [1.807, 2.05) is 18.2 Å². The van der Waals surface area contributed by atoms with Gasteiger partial charge in [0.25, 0.3) is 0 Å². The first-order valence-corrected chi connectivity index (χ1v) is 8.38. The molecule has 0 amide bonds. The number of hydrogen-bond donors (Lipinski definition) is 2. The van der Waals surface area contributed by atoms with Gasteiger partial charge in [0.2, 0.25) is 0 Å². The summed E-state index contributed by atoms with van der Waals surface area (Å²) in [6.45, 7) is 3.13. The summed E-state index contributed by atoms with van der Waals surface area (Å²) in [6.07, 6.45) is 6.17. The zero-order valence-corrected chi connectivity index (χ0v) is 13.5. The van der Waals surface area contributed by atoms with Crippen molar-refractivity contribution >= 4 is 5.69 Å². The molecule has 0 fully saturated rings. The summed E-state index contributed by atoms with van der Waals surface area (Å²) in [5.74, 6) is 0.913. The minimum atomic E-state index is 0.324. The summed E-state index contributed by atoms with van der Waals surface area (Å²) in [6, 6.07) is 18.2. The molecule has 0 bridgehead atoms. The number of anilines is 1. The first-order chi connectivity index (χ1) is 10.8. The zero-order valence-electron chi connectivity index (χ0n) is 13.5. The van der Waals surface area contributed by atoms with Gasteiger partial charge in [-0.25, -0.2) is 0 Å². The number of nitrogens with one attached hydrogen (secondary N) is 1. The van der Waals surface area contributed by atoms with E-state index in [2.05, 4.69) is 42.6 Å². The molecule has 0 aliphatic heterocycles. The van der Waals surface area contributed by atoms with Crippen LogP contribution in [0.1, 0.15) is 50.5 Å². The Labute approximate surface area is 134 Å². The Bertz CT molecular complexity index is 538. The molecule has 1 atom stereocenters. The van der Waals surface area contributed by atoms with E-state index in [0.717, 1.165) is 18.7 Å². The molecule has 2 aromatic rings. The molecule has 22 heavy (non-hydrogen) atoms. The number of phenolic OH excluding ortho intramolecular Hbond substituents is 1. The average Bonchev–Trinajstić information content (AvgIpc) is 2.56. The van der Waals surface area contributed by atoms with Crippen LogP contribution in [0.25, 0.3) is 0 Å². The number of rotatable bonds is 9. The monoisotopic (exact) mass is 297 g/mol. The second kappa shape index (κ2) is 9.14. The Hall–Kier alpha value is -1.96.